The Kier molecular flexibility index (Phi) is 5.57. The third-order valence-electron chi connectivity index (χ3n) is 3.26. The first-order valence-corrected chi connectivity index (χ1v) is 7.10. The molecule has 2 rings (SSSR count). The number of phenolic OH excluding ortho intramolecular Hbond substituents is 1. The highest BCUT2D eigenvalue weighted by Gasteiger charge is 2.11. The normalized spacial score (nSPS) is 9.96. The van der Waals surface area contributed by atoms with Crippen molar-refractivity contribution in [1.29, 1.82) is 0 Å². The minimum Gasteiger partial charge on any atom is -0.507 e. The fraction of sp³-hybridized carbons (Fsp3) is 0.176. The second-order valence-corrected chi connectivity index (χ2v) is 4.87. The Balaban J connectivity index is 1.78. The minimum atomic E-state index is -0.569. The van der Waals surface area contributed by atoms with Gasteiger partial charge in [-0.15, -0.1) is 0 Å². The van der Waals surface area contributed by atoms with E-state index in [9.17, 15) is 14.7 Å². The van der Waals surface area contributed by atoms with Gasteiger partial charge in [0.1, 0.15) is 11.5 Å². The molecule has 3 N–H and O–H groups in total. The predicted octanol–water partition coefficient (Wildman–Crippen LogP) is 1.79. The maximum absolute atomic E-state index is 11.8. The molecular weight excluding hydrogens is 296 g/mol. The van der Waals surface area contributed by atoms with Gasteiger partial charge in [0.2, 0.25) is 5.91 Å². The van der Waals surface area contributed by atoms with E-state index in [1.807, 2.05) is 24.3 Å². The van der Waals surface area contributed by atoms with Crippen molar-refractivity contribution in [2.24, 2.45) is 0 Å². The molecule has 23 heavy (non-hydrogen) atoms. The number of aromatic hydroxyl groups is 1. The van der Waals surface area contributed by atoms with Crippen molar-refractivity contribution < 1.29 is 19.4 Å². The fourth-order valence-corrected chi connectivity index (χ4v) is 1.97. The van der Waals surface area contributed by atoms with E-state index in [1.165, 1.54) is 12.1 Å². The Bertz CT molecular complexity index is 683. The highest BCUT2D eigenvalue weighted by molar-refractivity contribution is 5.97. The molecule has 2 aromatic rings. The number of carbonyl (C=O) groups excluding carboxylic acids is 2. The predicted molar refractivity (Wildman–Crippen MR) is 85.0 cm³/mol. The highest BCUT2D eigenvalue weighted by atomic mass is 16.5. The molecule has 6 heteroatoms. The van der Waals surface area contributed by atoms with Gasteiger partial charge in [0.25, 0.3) is 5.91 Å². The van der Waals surface area contributed by atoms with Crippen molar-refractivity contribution >= 4 is 11.8 Å². The molecule has 0 heterocycles. The fourth-order valence-electron chi connectivity index (χ4n) is 1.97. The second-order valence-electron chi connectivity index (χ2n) is 4.87. The van der Waals surface area contributed by atoms with Crippen LogP contribution in [-0.2, 0) is 11.2 Å². The Labute approximate surface area is 134 Å². The number of aryl methyl sites for hydroxylation is 1. The summed E-state index contributed by atoms with van der Waals surface area (Å²) in [7, 11) is 1.59. The van der Waals surface area contributed by atoms with E-state index in [4.69, 9.17) is 4.74 Å². The van der Waals surface area contributed by atoms with Gasteiger partial charge in [-0.25, -0.2) is 0 Å². The van der Waals surface area contributed by atoms with Gasteiger partial charge in [0, 0.05) is 6.42 Å². The maximum Gasteiger partial charge on any atom is 0.273 e. The Morgan fingerprint density at radius 3 is 2.39 bits per heavy atom. The quantitative estimate of drug-likeness (QED) is 0.734. The lowest BCUT2D eigenvalue weighted by atomic mass is 10.1. The first-order valence-electron chi connectivity index (χ1n) is 7.10. The number of carbonyl (C=O) groups is 2. The zero-order chi connectivity index (χ0) is 16.7. The van der Waals surface area contributed by atoms with E-state index in [1.54, 1.807) is 19.2 Å². The number of benzene rings is 2. The smallest absolute Gasteiger partial charge is 0.273 e. The number of methoxy groups -OCH3 is 1. The molecule has 0 unspecified atom stereocenters. The summed E-state index contributed by atoms with van der Waals surface area (Å²) < 4.78 is 5.06. The van der Waals surface area contributed by atoms with Crippen LogP contribution in [0, 0.1) is 0 Å². The monoisotopic (exact) mass is 314 g/mol. The largest absolute Gasteiger partial charge is 0.507 e. The van der Waals surface area contributed by atoms with Crippen LogP contribution < -0.4 is 15.6 Å². The van der Waals surface area contributed by atoms with E-state index in [-0.39, 0.29) is 23.6 Å². The third kappa shape index (κ3) is 4.74. The van der Waals surface area contributed by atoms with Crippen molar-refractivity contribution in [2.75, 3.05) is 7.11 Å². The lowest BCUT2D eigenvalue weighted by Gasteiger charge is -2.08. The molecule has 0 aromatic heterocycles. The standard InChI is InChI=1S/C17H18N2O4/c1-23-13-9-6-12(7-10-13)8-11-16(21)18-19-17(22)14-4-2-3-5-15(14)20/h2-7,9-10,20H,8,11H2,1H3,(H,18,21)(H,19,22). The molecular formula is C17H18N2O4. The lowest BCUT2D eigenvalue weighted by Crippen LogP contribution is -2.41. The van der Waals surface area contributed by atoms with Crippen LogP contribution >= 0.6 is 0 Å². The molecule has 6 nitrogen and oxygen atoms in total. The van der Waals surface area contributed by atoms with Crippen LogP contribution in [0.5, 0.6) is 11.5 Å². The third-order valence-corrected chi connectivity index (χ3v) is 3.26. The molecule has 0 aliphatic carbocycles. The molecule has 0 saturated carbocycles. The minimum absolute atomic E-state index is 0.1000. The van der Waals surface area contributed by atoms with Crippen LogP contribution in [-0.4, -0.2) is 24.0 Å². The number of hydrazine groups is 1. The topological polar surface area (TPSA) is 87.7 Å². The van der Waals surface area contributed by atoms with Gasteiger partial charge in [-0.3, -0.25) is 20.4 Å². The zero-order valence-electron chi connectivity index (χ0n) is 12.7. The van der Waals surface area contributed by atoms with Crippen molar-refractivity contribution in [3.8, 4) is 11.5 Å². The summed E-state index contributed by atoms with van der Waals surface area (Å²) in [5.41, 5.74) is 5.70. The summed E-state index contributed by atoms with van der Waals surface area (Å²) in [5.74, 6) is -0.267. The van der Waals surface area contributed by atoms with E-state index in [0.717, 1.165) is 11.3 Å². The van der Waals surface area contributed by atoms with Gasteiger partial charge in [0.05, 0.1) is 12.7 Å². The first kappa shape index (κ1) is 16.4. The number of hydrogen-bond acceptors (Lipinski definition) is 4. The summed E-state index contributed by atoms with van der Waals surface area (Å²) in [4.78, 5) is 23.6. The number of hydrogen-bond donors (Lipinski definition) is 3. The first-order chi connectivity index (χ1) is 11.1. The molecule has 0 aliphatic heterocycles. The van der Waals surface area contributed by atoms with E-state index >= 15 is 0 Å². The number of para-hydroxylation sites is 1. The van der Waals surface area contributed by atoms with Gasteiger partial charge in [0.15, 0.2) is 0 Å². The lowest BCUT2D eigenvalue weighted by molar-refractivity contribution is -0.121. The average molecular weight is 314 g/mol. The molecule has 0 spiro atoms. The number of ether oxygens (including phenoxy) is 1. The zero-order valence-corrected chi connectivity index (χ0v) is 12.7. The second kappa shape index (κ2) is 7.84. The summed E-state index contributed by atoms with van der Waals surface area (Å²) in [6.45, 7) is 0. The summed E-state index contributed by atoms with van der Waals surface area (Å²) >= 11 is 0. The van der Waals surface area contributed by atoms with Crippen molar-refractivity contribution in [1.82, 2.24) is 10.9 Å². The SMILES string of the molecule is COc1ccc(CCC(=O)NNC(=O)c2ccccc2O)cc1. The van der Waals surface area contributed by atoms with Crippen molar-refractivity contribution in [3.63, 3.8) is 0 Å². The Morgan fingerprint density at radius 2 is 1.74 bits per heavy atom. The summed E-state index contributed by atoms with van der Waals surface area (Å²) in [6, 6.07) is 13.5. The van der Waals surface area contributed by atoms with Crippen LogP contribution in [0.1, 0.15) is 22.3 Å². The van der Waals surface area contributed by atoms with Gasteiger partial charge in [-0.05, 0) is 36.2 Å². The van der Waals surface area contributed by atoms with Crippen LogP contribution in [0.25, 0.3) is 0 Å². The van der Waals surface area contributed by atoms with Crippen LogP contribution in [0.4, 0.5) is 0 Å². The van der Waals surface area contributed by atoms with Crippen LogP contribution in [0.15, 0.2) is 48.5 Å². The molecule has 0 radical (unpaired) electrons. The maximum atomic E-state index is 11.8. The van der Waals surface area contributed by atoms with Gasteiger partial charge in [-0.1, -0.05) is 24.3 Å². The molecule has 0 atom stereocenters. The van der Waals surface area contributed by atoms with Gasteiger partial charge < -0.3 is 9.84 Å². The molecule has 0 saturated heterocycles. The number of rotatable bonds is 5. The van der Waals surface area contributed by atoms with Crippen molar-refractivity contribution in [3.05, 3.63) is 59.7 Å². The van der Waals surface area contributed by atoms with Crippen LogP contribution in [0.2, 0.25) is 0 Å². The Hall–Kier alpha value is -3.02. The van der Waals surface area contributed by atoms with E-state index in [2.05, 4.69) is 10.9 Å². The number of phenols is 1. The van der Waals surface area contributed by atoms with Crippen molar-refractivity contribution in [2.45, 2.75) is 12.8 Å². The summed E-state index contributed by atoms with van der Waals surface area (Å²) in [6.07, 6.45) is 0.773. The average Bonchev–Trinajstić information content (AvgIpc) is 2.58. The molecule has 2 aromatic carbocycles. The summed E-state index contributed by atoms with van der Waals surface area (Å²) in [5, 5.41) is 9.56. The number of amides is 2. The molecule has 2 amide bonds. The van der Waals surface area contributed by atoms with Gasteiger partial charge >= 0.3 is 0 Å². The van der Waals surface area contributed by atoms with Crippen LogP contribution in [0.3, 0.4) is 0 Å². The Morgan fingerprint density at radius 1 is 1.04 bits per heavy atom. The molecule has 0 aliphatic rings. The molecule has 0 bridgehead atoms. The molecule has 0 fully saturated rings. The highest BCUT2D eigenvalue weighted by Crippen LogP contribution is 2.15. The van der Waals surface area contributed by atoms with Gasteiger partial charge in [-0.2, -0.15) is 0 Å². The van der Waals surface area contributed by atoms with E-state index < -0.39 is 5.91 Å². The van der Waals surface area contributed by atoms with E-state index in [0.29, 0.717) is 6.42 Å². The number of nitrogens with one attached hydrogen (secondary N) is 2. The molecule has 120 valence electrons.